The molecule has 2 amide bonds. The molecule has 1 unspecified atom stereocenters. The first kappa shape index (κ1) is 14.9. The third kappa shape index (κ3) is 6.36. The van der Waals surface area contributed by atoms with Crippen LogP contribution in [0.5, 0.6) is 0 Å². The normalized spacial score (nSPS) is 12.3. The van der Waals surface area contributed by atoms with Crippen LogP contribution < -0.4 is 16.4 Å². The Morgan fingerprint density at radius 2 is 1.94 bits per heavy atom. The molecule has 0 bridgehead atoms. The van der Waals surface area contributed by atoms with Crippen LogP contribution in [0.1, 0.15) is 13.8 Å². The number of amides is 2. The van der Waals surface area contributed by atoms with Gasteiger partial charge in [-0.1, -0.05) is 13.8 Å². The van der Waals surface area contributed by atoms with Crippen LogP contribution in [0.4, 0.5) is 0 Å². The van der Waals surface area contributed by atoms with E-state index in [1.165, 1.54) is 0 Å². The van der Waals surface area contributed by atoms with Crippen LogP contribution in [-0.4, -0.2) is 44.7 Å². The smallest absolute Gasteiger partial charge is 0.239 e. The average molecular weight is 231 g/mol. The van der Waals surface area contributed by atoms with E-state index >= 15 is 0 Å². The second-order valence-electron chi connectivity index (χ2n) is 3.83. The van der Waals surface area contributed by atoms with Gasteiger partial charge < -0.3 is 21.1 Å². The summed E-state index contributed by atoms with van der Waals surface area (Å²) in [6.07, 6.45) is 0. The van der Waals surface area contributed by atoms with E-state index < -0.39 is 6.04 Å². The molecule has 0 heterocycles. The fraction of sp³-hybridized carbons (Fsp3) is 0.800. The second kappa shape index (κ2) is 8.06. The summed E-state index contributed by atoms with van der Waals surface area (Å²) in [6, 6.07) is -0.577. The topological polar surface area (TPSA) is 93.5 Å². The zero-order valence-corrected chi connectivity index (χ0v) is 10.1. The van der Waals surface area contributed by atoms with Gasteiger partial charge in [0.15, 0.2) is 0 Å². The predicted molar refractivity (Wildman–Crippen MR) is 60.7 cm³/mol. The summed E-state index contributed by atoms with van der Waals surface area (Å²) in [5.41, 5.74) is 5.60. The van der Waals surface area contributed by atoms with Crippen LogP contribution in [-0.2, 0) is 14.3 Å². The first-order chi connectivity index (χ1) is 7.49. The number of methoxy groups -OCH3 is 1. The molecule has 0 rings (SSSR count). The number of carbonyl (C=O) groups excluding carboxylic acids is 2. The Morgan fingerprint density at radius 3 is 2.44 bits per heavy atom. The van der Waals surface area contributed by atoms with Crippen LogP contribution in [0.3, 0.4) is 0 Å². The van der Waals surface area contributed by atoms with Crippen molar-refractivity contribution in [3.05, 3.63) is 0 Å². The molecule has 0 saturated heterocycles. The molecule has 1 atom stereocenters. The predicted octanol–water partition coefficient (Wildman–Crippen LogP) is -1.15. The lowest BCUT2D eigenvalue weighted by Crippen LogP contribution is -2.47. The monoisotopic (exact) mass is 231 g/mol. The fourth-order valence-electron chi connectivity index (χ4n) is 0.943. The molecule has 0 aliphatic rings. The van der Waals surface area contributed by atoms with Crippen LogP contribution in [0.25, 0.3) is 0 Å². The number of hydrogen-bond acceptors (Lipinski definition) is 4. The van der Waals surface area contributed by atoms with Gasteiger partial charge in [0, 0.05) is 13.7 Å². The van der Waals surface area contributed by atoms with Gasteiger partial charge in [0.2, 0.25) is 11.8 Å². The van der Waals surface area contributed by atoms with Crippen molar-refractivity contribution in [2.24, 2.45) is 11.7 Å². The number of nitrogens with two attached hydrogens (primary N) is 1. The van der Waals surface area contributed by atoms with Crippen LogP contribution >= 0.6 is 0 Å². The maximum absolute atomic E-state index is 11.4. The van der Waals surface area contributed by atoms with Crippen molar-refractivity contribution in [2.45, 2.75) is 19.9 Å². The lowest BCUT2D eigenvalue weighted by molar-refractivity contribution is -0.127. The summed E-state index contributed by atoms with van der Waals surface area (Å²) >= 11 is 0. The second-order valence-corrected chi connectivity index (χ2v) is 3.83. The number of ether oxygens (including phenoxy) is 1. The van der Waals surface area contributed by atoms with Crippen molar-refractivity contribution in [2.75, 3.05) is 26.8 Å². The van der Waals surface area contributed by atoms with Gasteiger partial charge in [0.1, 0.15) is 0 Å². The van der Waals surface area contributed by atoms with Crippen LogP contribution in [0.2, 0.25) is 0 Å². The number of rotatable bonds is 7. The standard InChI is InChI=1S/C10H21N3O3/c1-7(2)9(11)10(15)13-6-8(14)12-4-5-16-3/h7,9H,4-6,11H2,1-3H3,(H,12,14)(H,13,15). The van der Waals surface area contributed by atoms with E-state index in [1.807, 2.05) is 13.8 Å². The maximum atomic E-state index is 11.4. The first-order valence-electron chi connectivity index (χ1n) is 5.28. The molecule has 0 radical (unpaired) electrons. The Balaban J connectivity index is 3.71. The van der Waals surface area contributed by atoms with Crippen molar-refractivity contribution in [3.63, 3.8) is 0 Å². The van der Waals surface area contributed by atoms with E-state index in [-0.39, 0.29) is 24.3 Å². The molecule has 0 aromatic rings. The molecule has 0 aliphatic heterocycles. The summed E-state index contributed by atoms with van der Waals surface area (Å²) in [5, 5.41) is 5.06. The van der Waals surface area contributed by atoms with E-state index in [0.717, 1.165) is 0 Å². The fourth-order valence-corrected chi connectivity index (χ4v) is 0.943. The molecule has 6 heteroatoms. The van der Waals surface area contributed by atoms with E-state index in [2.05, 4.69) is 10.6 Å². The Kier molecular flexibility index (Phi) is 7.49. The molecular formula is C10H21N3O3. The number of hydrogen-bond donors (Lipinski definition) is 3. The quantitative estimate of drug-likeness (QED) is 0.482. The molecule has 16 heavy (non-hydrogen) atoms. The van der Waals surface area contributed by atoms with Gasteiger partial charge in [-0.15, -0.1) is 0 Å². The van der Waals surface area contributed by atoms with Crippen LogP contribution in [0, 0.1) is 5.92 Å². The maximum Gasteiger partial charge on any atom is 0.239 e. The molecule has 0 spiro atoms. The van der Waals surface area contributed by atoms with Gasteiger partial charge in [-0.05, 0) is 5.92 Å². The summed E-state index contributed by atoms with van der Waals surface area (Å²) in [7, 11) is 1.55. The van der Waals surface area contributed by atoms with Crippen molar-refractivity contribution in [3.8, 4) is 0 Å². The van der Waals surface area contributed by atoms with Crippen LogP contribution in [0.15, 0.2) is 0 Å². The molecule has 0 aliphatic carbocycles. The largest absolute Gasteiger partial charge is 0.383 e. The molecule has 94 valence electrons. The van der Waals surface area contributed by atoms with Gasteiger partial charge in [-0.25, -0.2) is 0 Å². The molecule has 0 aromatic carbocycles. The minimum Gasteiger partial charge on any atom is -0.383 e. The highest BCUT2D eigenvalue weighted by Crippen LogP contribution is 1.97. The lowest BCUT2D eigenvalue weighted by Gasteiger charge is -2.15. The van der Waals surface area contributed by atoms with E-state index in [9.17, 15) is 9.59 Å². The molecular weight excluding hydrogens is 210 g/mol. The summed E-state index contributed by atoms with van der Waals surface area (Å²) in [6.45, 7) is 4.53. The van der Waals surface area contributed by atoms with Crippen molar-refractivity contribution >= 4 is 11.8 Å². The SMILES string of the molecule is COCCNC(=O)CNC(=O)C(N)C(C)C. The Hall–Kier alpha value is -1.14. The van der Waals surface area contributed by atoms with Crippen molar-refractivity contribution < 1.29 is 14.3 Å². The van der Waals surface area contributed by atoms with Gasteiger partial charge in [-0.3, -0.25) is 9.59 Å². The van der Waals surface area contributed by atoms with Gasteiger partial charge in [0.25, 0.3) is 0 Å². The van der Waals surface area contributed by atoms with Gasteiger partial charge in [0.05, 0.1) is 19.2 Å². The Morgan fingerprint density at radius 1 is 1.31 bits per heavy atom. The third-order valence-corrected chi connectivity index (χ3v) is 2.07. The molecule has 0 aromatic heterocycles. The minimum absolute atomic E-state index is 0.0524. The van der Waals surface area contributed by atoms with Gasteiger partial charge in [-0.2, -0.15) is 0 Å². The minimum atomic E-state index is -0.577. The number of nitrogens with one attached hydrogen (secondary N) is 2. The van der Waals surface area contributed by atoms with Crippen molar-refractivity contribution in [1.82, 2.24) is 10.6 Å². The molecule has 4 N–H and O–H groups in total. The molecule has 0 fully saturated rings. The highest BCUT2D eigenvalue weighted by Gasteiger charge is 2.17. The summed E-state index contributed by atoms with van der Waals surface area (Å²) < 4.78 is 4.77. The molecule has 6 nitrogen and oxygen atoms in total. The van der Waals surface area contributed by atoms with E-state index in [1.54, 1.807) is 7.11 Å². The van der Waals surface area contributed by atoms with Gasteiger partial charge >= 0.3 is 0 Å². The van der Waals surface area contributed by atoms with Crippen molar-refractivity contribution in [1.29, 1.82) is 0 Å². The molecule has 0 saturated carbocycles. The summed E-state index contributed by atoms with van der Waals surface area (Å²) in [5.74, 6) is -0.505. The zero-order chi connectivity index (χ0) is 12.6. The Labute approximate surface area is 95.9 Å². The van der Waals surface area contributed by atoms with E-state index in [4.69, 9.17) is 10.5 Å². The highest BCUT2D eigenvalue weighted by molar-refractivity contribution is 5.87. The zero-order valence-electron chi connectivity index (χ0n) is 10.1. The number of carbonyl (C=O) groups is 2. The summed E-state index contributed by atoms with van der Waals surface area (Å²) in [4.78, 5) is 22.6. The average Bonchev–Trinajstić information content (AvgIpc) is 2.25. The Bertz CT molecular complexity index is 231. The third-order valence-electron chi connectivity index (χ3n) is 2.07. The van der Waals surface area contributed by atoms with E-state index in [0.29, 0.717) is 13.2 Å². The first-order valence-corrected chi connectivity index (χ1v) is 5.28. The highest BCUT2D eigenvalue weighted by atomic mass is 16.5. The lowest BCUT2D eigenvalue weighted by atomic mass is 10.1.